The van der Waals surface area contributed by atoms with Gasteiger partial charge in [-0.3, -0.25) is 14.4 Å². The molecule has 25 heavy (non-hydrogen) atoms. The Morgan fingerprint density at radius 1 is 0.960 bits per heavy atom. The number of carboxylic acids is 3. The van der Waals surface area contributed by atoms with Gasteiger partial charge in [-0.1, -0.05) is 33.8 Å². The minimum Gasteiger partial charge on any atom is -0.481 e. The quantitative estimate of drug-likeness (QED) is 0.340. The zero-order valence-corrected chi connectivity index (χ0v) is 15.2. The average molecular weight is 359 g/mol. The predicted octanol–water partition coefficient (Wildman–Crippen LogP) is 1.78. The van der Waals surface area contributed by atoms with Crippen molar-refractivity contribution in [3.63, 3.8) is 0 Å². The van der Waals surface area contributed by atoms with E-state index in [0.29, 0.717) is 12.5 Å². The molecular weight excluding hydrogens is 330 g/mol. The van der Waals surface area contributed by atoms with E-state index in [4.69, 9.17) is 21.1 Å². The van der Waals surface area contributed by atoms with E-state index >= 15 is 0 Å². The summed E-state index contributed by atoms with van der Waals surface area (Å²) in [5.41, 5.74) is 5.23. The largest absolute Gasteiger partial charge is 0.481 e. The molecule has 144 valence electrons. The molecule has 0 heterocycles. The van der Waals surface area contributed by atoms with Crippen molar-refractivity contribution in [2.75, 3.05) is 6.54 Å². The zero-order chi connectivity index (χ0) is 20.2. The van der Waals surface area contributed by atoms with Crippen molar-refractivity contribution in [3.8, 4) is 0 Å². The highest BCUT2D eigenvalue weighted by Crippen LogP contribution is 2.13. The number of ketones is 1. The van der Waals surface area contributed by atoms with Crippen LogP contribution in [-0.2, 0) is 19.2 Å². The summed E-state index contributed by atoms with van der Waals surface area (Å²) < 4.78 is 0. The fraction of sp³-hybridized carbons (Fsp3) is 0.647. The van der Waals surface area contributed by atoms with Gasteiger partial charge in [0.15, 0.2) is 0 Å². The molecule has 0 aliphatic rings. The molecular formula is C17H29NO7. The van der Waals surface area contributed by atoms with Crippen molar-refractivity contribution in [1.29, 1.82) is 0 Å². The molecule has 1 atom stereocenters. The third kappa shape index (κ3) is 15.1. The first kappa shape index (κ1) is 25.0. The van der Waals surface area contributed by atoms with Gasteiger partial charge in [-0.05, 0) is 30.7 Å². The van der Waals surface area contributed by atoms with Gasteiger partial charge in [-0.15, -0.1) is 0 Å². The summed E-state index contributed by atoms with van der Waals surface area (Å²) in [6.45, 7) is 8.09. The number of nitrogens with two attached hydrogens (primary N) is 1. The van der Waals surface area contributed by atoms with Crippen LogP contribution in [0.15, 0.2) is 11.6 Å². The molecule has 0 saturated heterocycles. The summed E-state index contributed by atoms with van der Waals surface area (Å²) in [6.07, 6.45) is 1.91. The third-order valence-electron chi connectivity index (χ3n) is 2.96. The Kier molecular flexibility index (Phi) is 13.1. The van der Waals surface area contributed by atoms with Gasteiger partial charge in [0.25, 0.3) is 5.78 Å². The monoisotopic (exact) mass is 359 g/mol. The Balaban J connectivity index is 0. The first-order chi connectivity index (χ1) is 11.4. The summed E-state index contributed by atoms with van der Waals surface area (Å²) in [6, 6.07) is 0. The van der Waals surface area contributed by atoms with E-state index in [9.17, 15) is 19.2 Å². The first-order valence-corrected chi connectivity index (χ1v) is 8.02. The molecule has 0 amide bonds. The lowest BCUT2D eigenvalue weighted by atomic mass is 9.94. The summed E-state index contributed by atoms with van der Waals surface area (Å²) in [5.74, 6) is -4.13. The van der Waals surface area contributed by atoms with Crippen LogP contribution in [0.5, 0.6) is 0 Å². The molecule has 0 aliphatic heterocycles. The number of aliphatic carboxylic acids is 3. The molecule has 8 heteroatoms. The highest BCUT2D eigenvalue weighted by atomic mass is 16.4. The Morgan fingerprint density at radius 2 is 1.48 bits per heavy atom. The van der Waals surface area contributed by atoms with E-state index in [2.05, 4.69) is 13.8 Å². The average Bonchev–Trinajstić information content (AvgIpc) is 2.43. The van der Waals surface area contributed by atoms with Crippen molar-refractivity contribution in [1.82, 2.24) is 0 Å². The van der Waals surface area contributed by atoms with Crippen molar-refractivity contribution >= 4 is 23.7 Å². The minimum atomic E-state index is -1.63. The Labute approximate surface area is 147 Å². The topological polar surface area (TPSA) is 155 Å². The molecule has 0 bridgehead atoms. The summed E-state index contributed by atoms with van der Waals surface area (Å²) in [4.78, 5) is 41.9. The molecule has 0 spiro atoms. The molecule has 0 aromatic carbocycles. The van der Waals surface area contributed by atoms with Crippen LogP contribution in [-0.4, -0.2) is 45.6 Å². The molecule has 0 unspecified atom stereocenters. The number of allylic oxidation sites excluding steroid dienone is 1. The summed E-state index contributed by atoms with van der Waals surface area (Å²) in [5, 5.41) is 25.3. The second-order valence-electron chi connectivity index (χ2n) is 6.47. The highest BCUT2D eigenvalue weighted by molar-refractivity contribution is 6.40. The lowest BCUT2D eigenvalue weighted by Gasteiger charge is -2.13. The first-order valence-electron chi connectivity index (χ1n) is 8.02. The molecule has 5 N–H and O–H groups in total. The fourth-order valence-electron chi connectivity index (χ4n) is 2.09. The van der Waals surface area contributed by atoms with Gasteiger partial charge < -0.3 is 21.1 Å². The second-order valence-corrected chi connectivity index (χ2v) is 6.47. The highest BCUT2D eigenvalue weighted by Gasteiger charge is 2.20. The van der Waals surface area contributed by atoms with Gasteiger partial charge in [-0.25, -0.2) is 4.79 Å². The fourth-order valence-corrected chi connectivity index (χ4v) is 2.09. The van der Waals surface area contributed by atoms with Crippen LogP contribution in [0.25, 0.3) is 0 Å². The van der Waals surface area contributed by atoms with Crippen LogP contribution in [0.1, 0.15) is 47.0 Å². The lowest BCUT2D eigenvalue weighted by Crippen LogP contribution is -2.19. The van der Waals surface area contributed by atoms with Gasteiger partial charge in [0.2, 0.25) is 0 Å². The molecule has 8 nitrogen and oxygen atoms in total. The van der Waals surface area contributed by atoms with Crippen molar-refractivity contribution in [2.45, 2.75) is 47.0 Å². The smallest absolute Gasteiger partial charge is 0.376 e. The number of Topliss-reactive ketones (excluding diaryl/α,β-unsaturated/α-hetero) is 1. The molecule has 0 saturated carbocycles. The molecule has 0 aliphatic carbocycles. The Bertz CT molecular complexity index is 495. The van der Waals surface area contributed by atoms with E-state index in [-0.39, 0.29) is 23.8 Å². The lowest BCUT2D eigenvalue weighted by molar-refractivity contribution is -0.147. The van der Waals surface area contributed by atoms with Gasteiger partial charge in [-0.2, -0.15) is 0 Å². The number of hydrogen-bond acceptors (Lipinski definition) is 5. The molecule has 0 aromatic heterocycles. The minimum absolute atomic E-state index is 0.0624. The Morgan fingerprint density at radius 3 is 1.76 bits per heavy atom. The molecule has 0 radical (unpaired) electrons. The van der Waals surface area contributed by atoms with E-state index in [0.717, 1.165) is 6.42 Å². The molecule has 0 aromatic rings. The van der Waals surface area contributed by atoms with Gasteiger partial charge >= 0.3 is 17.9 Å². The van der Waals surface area contributed by atoms with Crippen LogP contribution in [0.3, 0.4) is 0 Å². The molecule has 0 fully saturated rings. The van der Waals surface area contributed by atoms with Crippen molar-refractivity contribution < 1.29 is 34.5 Å². The maximum absolute atomic E-state index is 11.0. The van der Waals surface area contributed by atoms with Crippen LogP contribution in [0, 0.1) is 17.8 Å². The van der Waals surface area contributed by atoms with Gasteiger partial charge in [0, 0.05) is 12.0 Å². The second kappa shape index (κ2) is 13.1. The van der Waals surface area contributed by atoms with E-state index in [1.165, 1.54) is 6.08 Å². The van der Waals surface area contributed by atoms with Crippen LogP contribution >= 0.6 is 0 Å². The van der Waals surface area contributed by atoms with Crippen molar-refractivity contribution in [3.05, 3.63) is 11.6 Å². The SMILES string of the molecule is CC(C)/C=C(\CC(=O)O)C(=O)C(=O)O.CC(C)C[C@H](CN)CC(=O)O. The van der Waals surface area contributed by atoms with Crippen LogP contribution < -0.4 is 5.73 Å². The van der Waals surface area contributed by atoms with Gasteiger partial charge in [0.1, 0.15) is 0 Å². The van der Waals surface area contributed by atoms with Crippen LogP contribution in [0.2, 0.25) is 0 Å². The maximum Gasteiger partial charge on any atom is 0.376 e. The normalized spacial score (nSPS) is 12.4. The number of hydrogen-bond donors (Lipinski definition) is 4. The number of carbonyl (C=O) groups excluding carboxylic acids is 1. The number of carboxylic acid groups (broad SMARTS) is 3. The number of rotatable bonds is 10. The molecule has 0 rings (SSSR count). The van der Waals surface area contributed by atoms with E-state index in [1.807, 2.05) is 0 Å². The van der Waals surface area contributed by atoms with E-state index < -0.39 is 30.1 Å². The third-order valence-corrected chi connectivity index (χ3v) is 2.96. The predicted molar refractivity (Wildman–Crippen MR) is 92.1 cm³/mol. The standard InChI is InChI=1S/C9H12O5.C8H17NO2/c1-5(2)3-6(4-7(10)11)8(12)9(13)14;1-6(2)3-7(5-9)4-8(10)11/h3,5H,4H2,1-2H3,(H,10,11)(H,13,14);6-7H,3-5,9H2,1-2H3,(H,10,11)/b6-3+;/t;7-/m.0/s1. The Hall–Kier alpha value is -2.22. The van der Waals surface area contributed by atoms with Gasteiger partial charge in [0.05, 0.1) is 6.42 Å². The summed E-state index contributed by atoms with van der Waals surface area (Å²) in [7, 11) is 0. The van der Waals surface area contributed by atoms with E-state index in [1.54, 1.807) is 13.8 Å². The number of carbonyl (C=O) groups is 4. The van der Waals surface area contributed by atoms with Crippen LogP contribution in [0.4, 0.5) is 0 Å². The zero-order valence-electron chi connectivity index (χ0n) is 15.2. The maximum atomic E-state index is 11.0. The van der Waals surface area contributed by atoms with Crippen molar-refractivity contribution in [2.24, 2.45) is 23.5 Å². The summed E-state index contributed by atoms with van der Waals surface area (Å²) >= 11 is 0.